The summed E-state index contributed by atoms with van der Waals surface area (Å²) in [5, 5.41) is 5.77. The van der Waals surface area contributed by atoms with Gasteiger partial charge in [-0.2, -0.15) is 0 Å². The summed E-state index contributed by atoms with van der Waals surface area (Å²) in [5.74, 6) is 1.23. The zero-order valence-corrected chi connectivity index (χ0v) is 18.8. The van der Waals surface area contributed by atoms with E-state index in [0.717, 1.165) is 48.3 Å². The van der Waals surface area contributed by atoms with E-state index in [-0.39, 0.29) is 11.8 Å². The molecule has 6 heteroatoms. The maximum absolute atomic E-state index is 11.9. The average Bonchev–Trinajstić information content (AvgIpc) is 2.83. The van der Waals surface area contributed by atoms with Crippen LogP contribution in [0.4, 0.5) is 0 Å². The van der Waals surface area contributed by atoms with Crippen molar-refractivity contribution in [3.05, 3.63) is 71.8 Å². The Kier molecular flexibility index (Phi) is 11.2. The topological polar surface area (TPSA) is 76.7 Å². The number of hydrogen-bond acceptors (Lipinski definition) is 4. The molecule has 0 saturated heterocycles. The molecule has 2 N–H and O–H groups in total. The maximum atomic E-state index is 11.9. The summed E-state index contributed by atoms with van der Waals surface area (Å²) in [6.07, 6.45) is 10.3. The van der Waals surface area contributed by atoms with Crippen molar-refractivity contribution in [2.45, 2.75) is 25.7 Å². The van der Waals surface area contributed by atoms with Crippen LogP contribution in [0, 0.1) is 0 Å². The van der Waals surface area contributed by atoms with E-state index in [1.54, 1.807) is 26.4 Å². The Bertz CT molecular complexity index is 846. The summed E-state index contributed by atoms with van der Waals surface area (Å²) in [6, 6.07) is 15.1. The molecule has 0 heterocycles. The molecule has 0 atom stereocenters. The van der Waals surface area contributed by atoms with Gasteiger partial charge in [0.25, 0.3) is 0 Å². The highest BCUT2D eigenvalue weighted by Crippen LogP contribution is 2.19. The van der Waals surface area contributed by atoms with Crippen LogP contribution in [-0.2, 0) is 9.59 Å². The first-order chi connectivity index (χ1) is 15.6. The molecule has 0 spiro atoms. The second kappa shape index (κ2) is 14.5. The van der Waals surface area contributed by atoms with E-state index in [1.165, 1.54) is 12.2 Å². The van der Waals surface area contributed by atoms with Crippen LogP contribution in [-0.4, -0.2) is 39.1 Å². The van der Waals surface area contributed by atoms with Gasteiger partial charge in [-0.3, -0.25) is 9.59 Å². The van der Waals surface area contributed by atoms with E-state index in [4.69, 9.17) is 9.47 Å². The van der Waals surface area contributed by atoms with E-state index < -0.39 is 0 Å². The molecule has 0 aliphatic carbocycles. The van der Waals surface area contributed by atoms with Crippen molar-refractivity contribution < 1.29 is 19.1 Å². The first-order valence-electron chi connectivity index (χ1n) is 10.8. The second-order valence-electron chi connectivity index (χ2n) is 7.15. The molecule has 0 aliphatic heterocycles. The number of carbonyl (C=O) groups excluding carboxylic acids is 2. The van der Waals surface area contributed by atoms with Crippen molar-refractivity contribution in [2.75, 3.05) is 27.3 Å². The highest BCUT2D eigenvalue weighted by molar-refractivity contribution is 5.92. The monoisotopic (exact) mass is 436 g/mol. The number of hydrogen-bond donors (Lipinski definition) is 2. The van der Waals surface area contributed by atoms with Crippen molar-refractivity contribution in [1.82, 2.24) is 10.6 Å². The average molecular weight is 437 g/mol. The van der Waals surface area contributed by atoms with Gasteiger partial charge in [0.05, 0.1) is 14.2 Å². The summed E-state index contributed by atoms with van der Waals surface area (Å²) >= 11 is 0. The number of carbonyl (C=O) groups is 2. The molecule has 0 aliphatic rings. The van der Waals surface area contributed by atoms with Gasteiger partial charge >= 0.3 is 0 Å². The fraction of sp³-hybridized carbons (Fsp3) is 0.308. The fourth-order valence-electron chi connectivity index (χ4n) is 3.08. The smallest absolute Gasteiger partial charge is 0.244 e. The highest BCUT2D eigenvalue weighted by atomic mass is 16.5. The number of methoxy groups -OCH3 is 2. The Morgan fingerprint density at radius 3 is 1.50 bits per heavy atom. The van der Waals surface area contributed by atoms with Crippen LogP contribution >= 0.6 is 0 Å². The van der Waals surface area contributed by atoms with Gasteiger partial charge in [-0.1, -0.05) is 49.2 Å². The number of nitrogens with one attached hydrogen (secondary N) is 2. The number of amides is 2. The molecule has 6 nitrogen and oxygen atoms in total. The van der Waals surface area contributed by atoms with E-state index in [9.17, 15) is 9.59 Å². The zero-order valence-electron chi connectivity index (χ0n) is 18.8. The van der Waals surface area contributed by atoms with Gasteiger partial charge in [0.2, 0.25) is 11.8 Å². The molecule has 0 saturated carbocycles. The number of ether oxygens (including phenoxy) is 2. The molecular weight excluding hydrogens is 404 g/mol. The number of rotatable bonds is 13. The van der Waals surface area contributed by atoms with Crippen molar-refractivity contribution in [3.8, 4) is 11.5 Å². The lowest BCUT2D eigenvalue weighted by Crippen LogP contribution is -2.23. The Labute approximate surface area is 190 Å². The Morgan fingerprint density at radius 2 is 1.09 bits per heavy atom. The predicted molar refractivity (Wildman–Crippen MR) is 129 cm³/mol. The standard InChI is InChI=1S/C26H32N2O4/c1-31-23-13-7-5-11-21(23)15-17-25(29)27-19-9-3-4-10-20-28-26(30)18-16-22-12-6-8-14-24(22)32-2/h5-8,11-18H,3-4,9-10,19-20H2,1-2H3,(H,27,29)(H,28,30). The SMILES string of the molecule is COc1ccccc1C=CC(=O)NCCCCCCNC(=O)C=Cc1ccccc1OC. The Hall–Kier alpha value is -3.54. The van der Waals surface area contributed by atoms with Gasteiger partial charge in [0.15, 0.2) is 0 Å². The van der Waals surface area contributed by atoms with Gasteiger partial charge in [-0.15, -0.1) is 0 Å². The van der Waals surface area contributed by atoms with Crippen LogP contribution in [0.1, 0.15) is 36.8 Å². The molecule has 32 heavy (non-hydrogen) atoms. The van der Waals surface area contributed by atoms with E-state index in [2.05, 4.69) is 10.6 Å². The molecule has 2 amide bonds. The van der Waals surface area contributed by atoms with Crippen molar-refractivity contribution in [3.63, 3.8) is 0 Å². The van der Waals surface area contributed by atoms with Gasteiger partial charge in [-0.25, -0.2) is 0 Å². The van der Waals surface area contributed by atoms with Gasteiger partial charge in [0, 0.05) is 36.4 Å². The summed E-state index contributed by atoms with van der Waals surface area (Å²) in [5.41, 5.74) is 1.73. The minimum Gasteiger partial charge on any atom is -0.496 e. The molecule has 0 radical (unpaired) electrons. The molecule has 170 valence electrons. The molecule has 2 aromatic rings. The minimum absolute atomic E-state index is 0.120. The lowest BCUT2D eigenvalue weighted by atomic mass is 10.1. The zero-order chi connectivity index (χ0) is 23.0. The van der Waals surface area contributed by atoms with Crippen molar-refractivity contribution in [2.24, 2.45) is 0 Å². The maximum Gasteiger partial charge on any atom is 0.244 e. The largest absolute Gasteiger partial charge is 0.496 e. The number of benzene rings is 2. The third-order valence-electron chi connectivity index (χ3n) is 4.81. The molecule has 2 aromatic carbocycles. The molecule has 0 bridgehead atoms. The van der Waals surface area contributed by atoms with Crippen LogP contribution in [0.2, 0.25) is 0 Å². The molecule has 0 fully saturated rings. The van der Waals surface area contributed by atoms with Gasteiger partial charge in [0.1, 0.15) is 11.5 Å². The van der Waals surface area contributed by atoms with Crippen molar-refractivity contribution >= 4 is 24.0 Å². The summed E-state index contributed by atoms with van der Waals surface area (Å²) in [4.78, 5) is 23.9. The molecule has 2 rings (SSSR count). The Morgan fingerprint density at radius 1 is 0.688 bits per heavy atom. The first-order valence-corrected chi connectivity index (χ1v) is 10.8. The van der Waals surface area contributed by atoms with E-state index in [1.807, 2.05) is 48.5 Å². The normalized spacial score (nSPS) is 10.9. The minimum atomic E-state index is -0.120. The lowest BCUT2D eigenvalue weighted by Gasteiger charge is -2.05. The van der Waals surface area contributed by atoms with Crippen LogP contribution in [0.15, 0.2) is 60.7 Å². The Balaban J connectivity index is 1.54. The van der Waals surface area contributed by atoms with Crippen LogP contribution < -0.4 is 20.1 Å². The second-order valence-corrected chi connectivity index (χ2v) is 7.15. The first kappa shape index (κ1) is 24.7. The van der Waals surface area contributed by atoms with E-state index in [0.29, 0.717) is 13.1 Å². The molecular formula is C26H32N2O4. The fourth-order valence-corrected chi connectivity index (χ4v) is 3.08. The summed E-state index contributed by atoms with van der Waals surface area (Å²) < 4.78 is 10.5. The quantitative estimate of drug-likeness (QED) is 0.364. The van der Waals surface area contributed by atoms with Crippen LogP contribution in [0.3, 0.4) is 0 Å². The highest BCUT2D eigenvalue weighted by Gasteiger charge is 2.01. The molecule has 0 unspecified atom stereocenters. The van der Waals surface area contributed by atoms with Gasteiger partial charge in [-0.05, 0) is 37.1 Å². The summed E-state index contributed by atoms with van der Waals surface area (Å²) in [6.45, 7) is 1.26. The summed E-state index contributed by atoms with van der Waals surface area (Å²) in [7, 11) is 3.22. The van der Waals surface area contributed by atoms with Crippen LogP contribution in [0.5, 0.6) is 11.5 Å². The van der Waals surface area contributed by atoms with Crippen molar-refractivity contribution in [1.29, 1.82) is 0 Å². The number of para-hydroxylation sites is 2. The third-order valence-corrected chi connectivity index (χ3v) is 4.81. The third kappa shape index (κ3) is 9.08. The lowest BCUT2D eigenvalue weighted by molar-refractivity contribution is -0.117. The van der Waals surface area contributed by atoms with Crippen LogP contribution in [0.25, 0.3) is 12.2 Å². The van der Waals surface area contributed by atoms with Gasteiger partial charge < -0.3 is 20.1 Å². The predicted octanol–water partition coefficient (Wildman–Crippen LogP) is 4.22. The number of unbranched alkanes of at least 4 members (excludes halogenated alkanes) is 3. The molecule has 0 aromatic heterocycles. The van der Waals surface area contributed by atoms with E-state index >= 15 is 0 Å².